The first-order chi connectivity index (χ1) is 21.7. The van der Waals surface area contributed by atoms with Crippen LogP contribution in [0.15, 0.2) is 60.8 Å². The normalized spacial score (nSPS) is 18.0. The largest absolute Gasteiger partial charge is 0.484 e. The zero-order valence-corrected chi connectivity index (χ0v) is 28.6. The number of hydrogen-bond acceptors (Lipinski definition) is 5. The molecule has 0 saturated heterocycles. The zero-order chi connectivity index (χ0) is 33.2. The molecule has 5 rings (SSSR count). The summed E-state index contributed by atoms with van der Waals surface area (Å²) in [5.74, 6) is 1.92. The van der Waals surface area contributed by atoms with Crippen molar-refractivity contribution >= 4 is 34.3 Å². The van der Waals surface area contributed by atoms with Crippen molar-refractivity contribution in [3.8, 4) is 5.75 Å². The van der Waals surface area contributed by atoms with Gasteiger partial charge in [-0.25, -0.2) is 9.00 Å². The van der Waals surface area contributed by atoms with Crippen molar-refractivity contribution in [3.63, 3.8) is 0 Å². The molecular weight excluding hydrogens is 600 g/mol. The van der Waals surface area contributed by atoms with Crippen LogP contribution in [0, 0.1) is 5.41 Å². The molecule has 46 heavy (non-hydrogen) atoms. The van der Waals surface area contributed by atoms with Crippen LogP contribution in [0.3, 0.4) is 0 Å². The van der Waals surface area contributed by atoms with Gasteiger partial charge in [-0.3, -0.25) is 13.7 Å². The summed E-state index contributed by atoms with van der Waals surface area (Å²) in [7, 11) is 0. The standard InChI is InChI=1S/C35H46N6O4S/c1-8-35(6,7)20-22(2)32-39-38-31-16-13-26(21-41(31)32)45-30-15-14-29(27-11-9-10-12-28(27)30)37-33(42)36-24-17-23(34(3,4)5)18-25(19-24)40-46(43)44/h9-13,16-19,21-22,29-30,40H,8,14-15,20H2,1-7H3,(H,43,44)(H2,36,37,42)/t22-,29-,30+/m0/s1. The fraction of sp³-hybridized carbons (Fsp3) is 0.457. The Hall–Kier alpha value is -3.96. The van der Waals surface area contributed by atoms with Crippen molar-refractivity contribution in [2.24, 2.45) is 5.41 Å². The van der Waals surface area contributed by atoms with Gasteiger partial charge in [0.05, 0.1) is 17.9 Å². The van der Waals surface area contributed by atoms with Gasteiger partial charge in [0.1, 0.15) is 17.7 Å². The van der Waals surface area contributed by atoms with E-state index in [1.54, 1.807) is 6.07 Å². The SMILES string of the molecule is CCC(C)(C)C[C@H](C)c1nnc2ccc(O[C@@H]3CC[C@H](NC(=O)Nc4cc(NS(=O)O)cc(C(C)(C)C)c4)c4ccccc43)cn12. The topological polar surface area (TPSA) is 130 Å². The lowest BCUT2D eigenvalue weighted by Gasteiger charge is -2.32. The quantitative estimate of drug-likeness (QED) is 0.128. The van der Waals surface area contributed by atoms with Crippen LogP contribution in [-0.2, 0) is 16.7 Å². The number of nitrogens with zero attached hydrogens (tertiary/aromatic N) is 3. The van der Waals surface area contributed by atoms with Crippen LogP contribution in [-0.4, -0.2) is 29.4 Å². The number of amides is 2. The molecule has 0 spiro atoms. The van der Waals surface area contributed by atoms with Crippen LogP contribution < -0.4 is 20.1 Å². The average Bonchev–Trinajstić information content (AvgIpc) is 3.41. The molecule has 1 aliphatic carbocycles. The molecular formula is C35H46N6O4S. The number of carbonyl (C=O) groups excluding carboxylic acids is 1. The van der Waals surface area contributed by atoms with Crippen molar-refractivity contribution < 1.29 is 18.3 Å². The Kier molecular flexibility index (Phi) is 9.74. The summed E-state index contributed by atoms with van der Waals surface area (Å²) < 4.78 is 31.9. The molecule has 0 radical (unpaired) electrons. The first-order valence-electron chi connectivity index (χ1n) is 15.9. The van der Waals surface area contributed by atoms with Crippen LogP contribution in [0.25, 0.3) is 5.65 Å². The van der Waals surface area contributed by atoms with Gasteiger partial charge in [-0.05, 0) is 77.1 Å². The van der Waals surface area contributed by atoms with Gasteiger partial charge < -0.3 is 15.4 Å². The van der Waals surface area contributed by atoms with E-state index >= 15 is 0 Å². The minimum atomic E-state index is -2.23. The van der Waals surface area contributed by atoms with E-state index in [1.165, 1.54) is 0 Å². The summed E-state index contributed by atoms with van der Waals surface area (Å²) in [4.78, 5) is 13.3. The Morgan fingerprint density at radius 1 is 1.04 bits per heavy atom. The minimum absolute atomic E-state index is 0.178. The molecule has 2 aromatic carbocycles. The molecule has 0 fully saturated rings. The summed E-state index contributed by atoms with van der Waals surface area (Å²) in [5.41, 5.74) is 4.71. The number of ether oxygens (including phenoxy) is 1. The molecule has 1 aliphatic rings. The van der Waals surface area contributed by atoms with Crippen LogP contribution in [0.5, 0.6) is 5.75 Å². The Balaban J connectivity index is 1.31. The molecule has 4 aromatic rings. The Morgan fingerprint density at radius 3 is 2.46 bits per heavy atom. The summed E-state index contributed by atoms with van der Waals surface area (Å²) in [5, 5.41) is 15.0. The van der Waals surface area contributed by atoms with E-state index in [0.717, 1.165) is 46.8 Å². The Labute approximate surface area is 274 Å². The maximum atomic E-state index is 13.3. The number of pyridine rings is 1. The first kappa shape index (κ1) is 33.4. The molecule has 0 aliphatic heterocycles. The number of nitrogens with one attached hydrogen (secondary N) is 3. The maximum absolute atomic E-state index is 13.3. The van der Waals surface area contributed by atoms with Crippen molar-refractivity contribution in [3.05, 3.63) is 83.3 Å². The summed E-state index contributed by atoms with van der Waals surface area (Å²) >= 11 is -2.23. The third-order valence-corrected chi connectivity index (χ3v) is 9.35. The van der Waals surface area contributed by atoms with E-state index in [-0.39, 0.29) is 34.9 Å². The van der Waals surface area contributed by atoms with E-state index in [1.807, 2.05) is 73.8 Å². The molecule has 4 atom stereocenters. The van der Waals surface area contributed by atoms with E-state index in [2.05, 4.69) is 59.3 Å². The summed E-state index contributed by atoms with van der Waals surface area (Å²) in [6.45, 7) is 15.1. The Morgan fingerprint density at radius 2 is 1.76 bits per heavy atom. The Bertz CT molecular complexity index is 1730. The van der Waals surface area contributed by atoms with Gasteiger partial charge in [0.15, 0.2) is 5.65 Å². The zero-order valence-electron chi connectivity index (χ0n) is 27.8. The maximum Gasteiger partial charge on any atom is 0.319 e. The van der Waals surface area contributed by atoms with Crippen molar-refractivity contribution in [1.82, 2.24) is 19.9 Å². The predicted molar refractivity (Wildman–Crippen MR) is 184 cm³/mol. The molecule has 11 heteroatoms. The summed E-state index contributed by atoms with van der Waals surface area (Å²) in [6.07, 6.45) is 5.32. The van der Waals surface area contributed by atoms with Crippen LogP contribution in [0.2, 0.25) is 0 Å². The average molecular weight is 647 g/mol. The number of rotatable bonds is 10. The van der Waals surface area contributed by atoms with E-state index in [9.17, 15) is 13.6 Å². The van der Waals surface area contributed by atoms with Crippen molar-refractivity contribution in [2.75, 3.05) is 10.0 Å². The smallest absolute Gasteiger partial charge is 0.319 e. The number of urea groups is 1. The molecule has 2 heterocycles. The fourth-order valence-electron chi connectivity index (χ4n) is 6.16. The molecule has 4 N–H and O–H groups in total. The van der Waals surface area contributed by atoms with Crippen molar-refractivity contribution in [1.29, 1.82) is 0 Å². The molecule has 246 valence electrons. The van der Waals surface area contributed by atoms with Crippen LogP contribution in [0.4, 0.5) is 16.2 Å². The van der Waals surface area contributed by atoms with E-state index < -0.39 is 11.3 Å². The van der Waals surface area contributed by atoms with Gasteiger partial charge in [0, 0.05) is 11.6 Å². The van der Waals surface area contributed by atoms with E-state index in [0.29, 0.717) is 24.2 Å². The highest BCUT2D eigenvalue weighted by atomic mass is 32.2. The second kappa shape index (κ2) is 13.4. The number of benzene rings is 2. The molecule has 10 nitrogen and oxygen atoms in total. The van der Waals surface area contributed by atoms with Gasteiger partial charge >= 0.3 is 6.03 Å². The van der Waals surface area contributed by atoms with Gasteiger partial charge in [-0.15, -0.1) is 10.2 Å². The highest BCUT2D eigenvalue weighted by Crippen LogP contribution is 2.39. The second-order valence-electron chi connectivity index (χ2n) is 14.1. The lowest BCUT2D eigenvalue weighted by atomic mass is 9.81. The second-order valence-corrected chi connectivity index (χ2v) is 14.8. The lowest BCUT2D eigenvalue weighted by molar-refractivity contribution is 0.171. The third-order valence-electron chi connectivity index (χ3n) is 8.94. The van der Waals surface area contributed by atoms with Crippen LogP contribution in [0.1, 0.15) is 115 Å². The van der Waals surface area contributed by atoms with Crippen molar-refractivity contribution in [2.45, 2.75) is 97.6 Å². The molecule has 0 saturated carbocycles. The third kappa shape index (κ3) is 7.87. The van der Waals surface area contributed by atoms with Crippen LogP contribution >= 0.6 is 0 Å². The minimum Gasteiger partial charge on any atom is -0.484 e. The molecule has 1 unspecified atom stereocenters. The highest BCUT2D eigenvalue weighted by Gasteiger charge is 2.30. The number of hydrogen-bond donors (Lipinski definition) is 4. The number of carbonyl (C=O) groups is 1. The van der Waals surface area contributed by atoms with Gasteiger partial charge in [0.25, 0.3) is 11.3 Å². The molecule has 2 amide bonds. The predicted octanol–water partition coefficient (Wildman–Crippen LogP) is 8.28. The summed E-state index contributed by atoms with van der Waals surface area (Å²) in [6, 6.07) is 16.7. The first-order valence-corrected chi connectivity index (χ1v) is 17.0. The number of fused-ring (bicyclic) bond motifs is 2. The highest BCUT2D eigenvalue weighted by molar-refractivity contribution is 7.80. The molecule has 2 aromatic heterocycles. The fourth-order valence-corrected chi connectivity index (χ4v) is 6.48. The van der Waals surface area contributed by atoms with Gasteiger partial charge in [0.2, 0.25) is 0 Å². The van der Waals surface area contributed by atoms with E-state index in [4.69, 9.17) is 4.74 Å². The number of aromatic nitrogens is 3. The number of anilines is 2. The van der Waals surface area contributed by atoms with Gasteiger partial charge in [-0.2, -0.15) is 0 Å². The molecule has 0 bridgehead atoms. The van der Waals surface area contributed by atoms with Gasteiger partial charge in [-0.1, -0.05) is 79.2 Å². The lowest BCUT2D eigenvalue weighted by Crippen LogP contribution is -2.35. The monoisotopic (exact) mass is 646 g/mol.